The largest absolute Gasteiger partial charge is 0.267 e. The van der Waals surface area contributed by atoms with Crippen LogP contribution in [0.2, 0.25) is 0 Å². The standard InChI is InChI=1S/C4H9FO3S/c1-4(5)3-8-9(2,6)7/h4H,3H2,1-2H3. The first-order valence-corrected chi connectivity index (χ1v) is 4.22. The molecule has 9 heavy (non-hydrogen) atoms. The Morgan fingerprint density at radius 1 is 1.67 bits per heavy atom. The molecular weight excluding hydrogens is 147 g/mol. The summed E-state index contributed by atoms with van der Waals surface area (Å²) in [6, 6.07) is 0. The maximum atomic E-state index is 11.8. The van der Waals surface area contributed by atoms with E-state index in [4.69, 9.17) is 0 Å². The Morgan fingerprint density at radius 3 is 2.22 bits per heavy atom. The number of rotatable bonds is 3. The van der Waals surface area contributed by atoms with Crippen LogP contribution in [0.4, 0.5) is 4.39 Å². The molecule has 0 aromatic rings. The van der Waals surface area contributed by atoms with E-state index in [0.717, 1.165) is 6.26 Å². The van der Waals surface area contributed by atoms with Crippen molar-refractivity contribution in [2.24, 2.45) is 0 Å². The highest BCUT2D eigenvalue weighted by Crippen LogP contribution is 1.92. The van der Waals surface area contributed by atoms with Crippen LogP contribution in [-0.4, -0.2) is 27.5 Å². The van der Waals surface area contributed by atoms with E-state index in [1.807, 2.05) is 0 Å². The molecule has 0 saturated carbocycles. The van der Waals surface area contributed by atoms with E-state index in [1.165, 1.54) is 6.92 Å². The molecular formula is C4H9FO3S. The fourth-order valence-electron chi connectivity index (χ4n) is 0.217. The summed E-state index contributed by atoms with van der Waals surface area (Å²) in [7, 11) is -3.46. The fraction of sp³-hybridized carbons (Fsp3) is 1.00. The molecule has 0 N–H and O–H groups in total. The van der Waals surface area contributed by atoms with E-state index < -0.39 is 22.9 Å². The van der Waals surface area contributed by atoms with Crippen molar-refractivity contribution in [1.82, 2.24) is 0 Å². The second kappa shape index (κ2) is 3.12. The minimum Gasteiger partial charge on any atom is -0.267 e. The Balaban J connectivity index is 3.53. The van der Waals surface area contributed by atoms with Gasteiger partial charge in [0.15, 0.2) is 0 Å². The number of alkyl halides is 1. The predicted octanol–water partition coefficient (Wildman–Crippen LogP) is 0.321. The topological polar surface area (TPSA) is 43.4 Å². The molecule has 0 saturated heterocycles. The highest BCUT2D eigenvalue weighted by molar-refractivity contribution is 7.85. The first-order chi connectivity index (χ1) is 3.92. The molecule has 0 amide bonds. The van der Waals surface area contributed by atoms with Crippen LogP contribution in [0.25, 0.3) is 0 Å². The molecule has 0 aliphatic heterocycles. The van der Waals surface area contributed by atoms with E-state index in [1.54, 1.807) is 0 Å². The van der Waals surface area contributed by atoms with Crippen molar-refractivity contribution < 1.29 is 17.0 Å². The summed E-state index contributed by atoms with van der Waals surface area (Å²) < 4.78 is 36.2. The van der Waals surface area contributed by atoms with Gasteiger partial charge < -0.3 is 0 Å². The average Bonchev–Trinajstić information content (AvgIpc) is 1.59. The zero-order valence-electron chi connectivity index (χ0n) is 5.30. The van der Waals surface area contributed by atoms with Gasteiger partial charge >= 0.3 is 0 Å². The van der Waals surface area contributed by atoms with Crippen molar-refractivity contribution in [3.8, 4) is 0 Å². The lowest BCUT2D eigenvalue weighted by Crippen LogP contribution is -2.10. The van der Waals surface area contributed by atoms with Gasteiger partial charge in [0.2, 0.25) is 0 Å². The van der Waals surface area contributed by atoms with Crippen molar-refractivity contribution in [1.29, 1.82) is 0 Å². The van der Waals surface area contributed by atoms with Crippen molar-refractivity contribution >= 4 is 10.1 Å². The van der Waals surface area contributed by atoms with E-state index in [0.29, 0.717) is 0 Å². The summed E-state index contributed by atoms with van der Waals surface area (Å²) in [5, 5.41) is 0. The van der Waals surface area contributed by atoms with Crippen molar-refractivity contribution in [2.45, 2.75) is 13.1 Å². The Kier molecular flexibility index (Phi) is 3.07. The number of hydrogen-bond donors (Lipinski definition) is 0. The molecule has 1 unspecified atom stereocenters. The first-order valence-electron chi connectivity index (χ1n) is 2.40. The molecule has 0 bridgehead atoms. The molecule has 3 nitrogen and oxygen atoms in total. The van der Waals surface area contributed by atoms with Crippen molar-refractivity contribution in [3.63, 3.8) is 0 Å². The summed E-state index contributed by atoms with van der Waals surface area (Å²) in [6.07, 6.45) is -0.352. The molecule has 0 fully saturated rings. The van der Waals surface area contributed by atoms with Crippen LogP contribution in [0.15, 0.2) is 0 Å². The van der Waals surface area contributed by atoms with Crippen LogP contribution in [0.1, 0.15) is 6.92 Å². The normalized spacial score (nSPS) is 15.4. The molecule has 0 aliphatic carbocycles. The number of halogens is 1. The monoisotopic (exact) mass is 156 g/mol. The molecule has 5 heteroatoms. The fourth-order valence-corrected chi connectivity index (χ4v) is 0.652. The zero-order chi connectivity index (χ0) is 7.49. The smallest absolute Gasteiger partial charge is 0.264 e. The average molecular weight is 156 g/mol. The van der Waals surface area contributed by atoms with Crippen molar-refractivity contribution in [2.75, 3.05) is 12.9 Å². The first kappa shape index (κ1) is 8.84. The highest BCUT2D eigenvalue weighted by atomic mass is 32.2. The maximum absolute atomic E-state index is 11.8. The van der Waals surface area contributed by atoms with Gasteiger partial charge in [-0.3, -0.25) is 4.18 Å². The molecule has 0 spiro atoms. The zero-order valence-corrected chi connectivity index (χ0v) is 6.11. The minimum absolute atomic E-state index is 0.390. The van der Waals surface area contributed by atoms with E-state index in [2.05, 4.69) is 4.18 Å². The Labute approximate surface area is 53.9 Å². The van der Waals surface area contributed by atoms with E-state index in [9.17, 15) is 12.8 Å². The Bertz CT molecular complexity index is 161. The summed E-state index contributed by atoms with van der Waals surface area (Å²) in [4.78, 5) is 0. The van der Waals surface area contributed by atoms with Gasteiger partial charge in [-0.25, -0.2) is 4.39 Å². The van der Waals surface area contributed by atoms with Crippen LogP contribution in [0, 0.1) is 0 Å². The second-order valence-corrected chi connectivity index (χ2v) is 3.41. The third kappa shape index (κ3) is 7.84. The molecule has 1 atom stereocenters. The Morgan fingerprint density at radius 2 is 2.11 bits per heavy atom. The second-order valence-electron chi connectivity index (χ2n) is 1.77. The molecule has 0 rings (SSSR count). The van der Waals surface area contributed by atoms with Crippen LogP contribution in [-0.2, 0) is 14.3 Å². The van der Waals surface area contributed by atoms with Gasteiger partial charge in [0.05, 0.1) is 12.9 Å². The molecule has 0 aromatic carbocycles. The minimum atomic E-state index is -3.46. The number of hydrogen-bond acceptors (Lipinski definition) is 3. The van der Waals surface area contributed by atoms with Crippen molar-refractivity contribution in [3.05, 3.63) is 0 Å². The Hall–Kier alpha value is -0.160. The van der Waals surface area contributed by atoms with Gasteiger partial charge in [-0.05, 0) is 6.92 Å². The highest BCUT2D eigenvalue weighted by Gasteiger charge is 2.04. The van der Waals surface area contributed by atoms with Crippen LogP contribution < -0.4 is 0 Å². The molecule has 0 radical (unpaired) electrons. The van der Waals surface area contributed by atoms with Gasteiger partial charge in [0.25, 0.3) is 10.1 Å². The van der Waals surface area contributed by atoms with Gasteiger partial charge in [-0.2, -0.15) is 8.42 Å². The molecule has 0 aliphatic rings. The predicted molar refractivity (Wildman–Crippen MR) is 31.4 cm³/mol. The quantitative estimate of drug-likeness (QED) is 0.553. The summed E-state index contributed by atoms with van der Waals surface area (Å²) in [5.41, 5.74) is 0. The molecule has 56 valence electrons. The van der Waals surface area contributed by atoms with Gasteiger partial charge in [0, 0.05) is 0 Å². The lowest BCUT2D eigenvalue weighted by atomic mass is 10.5. The third-order valence-electron chi connectivity index (χ3n) is 0.512. The summed E-state index contributed by atoms with van der Waals surface area (Å²) in [5.74, 6) is 0. The third-order valence-corrected chi connectivity index (χ3v) is 1.08. The van der Waals surface area contributed by atoms with Gasteiger partial charge in [-0.15, -0.1) is 0 Å². The van der Waals surface area contributed by atoms with Gasteiger partial charge in [-0.1, -0.05) is 0 Å². The SMILES string of the molecule is CC(F)COS(C)(=O)=O. The van der Waals surface area contributed by atoms with Crippen LogP contribution in [0.5, 0.6) is 0 Å². The molecule has 0 aromatic heterocycles. The summed E-state index contributed by atoms with van der Waals surface area (Å²) >= 11 is 0. The van der Waals surface area contributed by atoms with Crippen LogP contribution >= 0.6 is 0 Å². The van der Waals surface area contributed by atoms with Crippen LogP contribution in [0.3, 0.4) is 0 Å². The van der Waals surface area contributed by atoms with E-state index >= 15 is 0 Å². The maximum Gasteiger partial charge on any atom is 0.264 e. The van der Waals surface area contributed by atoms with Gasteiger partial charge in [0.1, 0.15) is 6.17 Å². The van der Waals surface area contributed by atoms with E-state index in [-0.39, 0.29) is 0 Å². The lowest BCUT2D eigenvalue weighted by molar-refractivity contribution is 0.216. The lowest BCUT2D eigenvalue weighted by Gasteiger charge is -1.99. The molecule has 0 heterocycles. The summed E-state index contributed by atoms with van der Waals surface area (Å²) in [6.45, 7) is 0.837.